The summed E-state index contributed by atoms with van der Waals surface area (Å²) in [5, 5.41) is 0. The van der Waals surface area contributed by atoms with Gasteiger partial charge in [0.1, 0.15) is 0 Å². The number of thioether (sulfide) groups is 1. The lowest BCUT2D eigenvalue weighted by Crippen LogP contribution is -2.07. The van der Waals surface area contributed by atoms with Gasteiger partial charge in [-0.1, -0.05) is 6.42 Å². The van der Waals surface area contributed by atoms with Crippen LogP contribution in [0.3, 0.4) is 0 Å². The molecule has 0 saturated carbocycles. The number of fused-ring (bicyclic) bond motifs is 2. The van der Waals surface area contributed by atoms with E-state index in [0.29, 0.717) is 5.92 Å². The molecule has 1 atom stereocenters. The summed E-state index contributed by atoms with van der Waals surface area (Å²) >= 11 is 2.06. The lowest BCUT2D eigenvalue weighted by Gasteiger charge is -2.16. The third-order valence-electron chi connectivity index (χ3n) is 4.70. The standard InChI is InChI=1S/C16H21N3S/c1-2-6-19-11-17-9-16(19)13(4-1)14-8-18-15-10-20-7-3-5-12(14)15/h8-9,11,13,18H,1-7,10H2. The monoisotopic (exact) mass is 287 g/mol. The lowest BCUT2D eigenvalue weighted by atomic mass is 9.89. The molecular weight excluding hydrogens is 266 g/mol. The number of aromatic nitrogens is 3. The number of imidazole rings is 1. The van der Waals surface area contributed by atoms with Gasteiger partial charge in [0.15, 0.2) is 0 Å². The number of aryl methyl sites for hydroxylation is 1. The van der Waals surface area contributed by atoms with Crippen LogP contribution in [0.4, 0.5) is 0 Å². The number of nitrogens with zero attached hydrogens (tertiary/aromatic N) is 2. The normalized spacial score (nSPS) is 22.7. The van der Waals surface area contributed by atoms with E-state index >= 15 is 0 Å². The first-order valence-corrected chi connectivity index (χ1v) is 8.86. The van der Waals surface area contributed by atoms with E-state index in [2.05, 4.69) is 38.7 Å². The van der Waals surface area contributed by atoms with E-state index in [1.54, 1.807) is 11.1 Å². The van der Waals surface area contributed by atoms with E-state index in [9.17, 15) is 0 Å². The van der Waals surface area contributed by atoms with Crippen LogP contribution in [0.5, 0.6) is 0 Å². The molecule has 0 bridgehead atoms. The molecular formula is C16H21N3S. The van der Waals surface area contributed by atoms with Gasteiger partial charge in [0, 0.05) is 42.0 Å². The summed E-state index contributed by atoms with van der Waals surface area (Å²) in [6.07, 6.45) is 12.8. The number of hydrogen-bond acceptors (Lipinski definition) is 2. The third kappa shape index (κ3) is 2.10. The van der Waals surface area contributed by atoms with Crippen molar-refractivity contribution in [1.82, 2.24) is 14.5 Å². The highest BCUT2D eigenvalue weighted by Gasteiger charge is 2.25. The first-order valence-electron chi connectivity index (χ1n) is 7.70. The third-order valence-corrected chi connectivity index (χ3v) is 5.77. The molecule has 2 aromatic heterocycles. The Labute approximate surface area is 124 Å². The van der Waals surface area contributed by atoms with E-state index in [4.69, 9.17) is 0 Å². The Morgan fingerprint density at radius 2 is 2.30 bits per heavy atom. The predicted octanol–water partition coefficient (Wildman–Crippen LogP) is 3.71. The van der Waals surface area contributed by atoms with E-state index in [1.165, 1.54) is 49.2 Å². The Bertz CT molecular complexity index is 599. The Balaban J connectivity index is 1.76. The number of hydrogen-bond donors (Lipinski definition) is 1. The molecule has 0 radical (unpaired) electrons. The molecule has 4 heteroatoms. The van der Waals surface area contributed by atoms with Crippen LogP contribution in [-0.2, 0) is 18.7 Å². The Hall–Kier alpha value is -1.16. The highest BCUT2D eigenvalue weighted by molar-refractivity contribution is 7.98. The van der Waals surface area contributed by atoms with Crippen LogP contribution in [-0.4, -0.2) is 20.3 Å². The maximum absolute atomic E-state index is 4.38. The summed E-state index contributed by atoms with van der Waals surface area (Å²) < 4.78 is 2.36. The zero-order valence-electron chi connectivity index (χ0n) is 11.8. The maximum Gasteiger partial charge on any atom is 0.0948 e. The van der Waals surface area contributed by atoms with Crippen LogP contribution < -0.4 is 0 Å². The minimum Gasteiger partial charge on any atom is -0.364 e. The number of H-pyrrole nitrogens is 1. The van der Waals surface area contributed by atoms with Crippen molar-refractivity contribution in [2.75, 3.05) is 5.75 Å². The van der Waals surface area contributed by atoms with Gasteiger partial charge < -0.3 is 9.55 Å². The molecule has 0 spiro atoms. The molecule has 0 amide bonds. The fraction of sp³-hybridized carbons (Fsp3) is 0.562. The zero-order chi connectivity index (χ0) is 13.4. The molecule has 0 aromatic carbocycles. The summed E-state index contributed by atoms with van der Waals surface area (Å²) in [5.41, 5.74) is 6.04. The molecule has 2 aromatic rings. The molecule has 1 unspecified atom stereocenters. The average molecular weight is 287 g/mol. The van der Waals surface area contributed by atoms with Gasteiger partial charge in [-0.25, -0.2) is 4.98 Å². The van der Waals surface area contributed by atoms with Gasteiger partial charge >= 0.3 is 0 Å². The van der Waals surface area contributed by atoms with Crippen LogP contribution in [0.15, 0.2) is 18.7 Å². The maximum atomic E-state index is 4.38. The van der Waals surface area contributed by atoms with Crippen LogP contribution >= 0.6 is 11.8 Å². The van der Waals surface area contributed by atoms with Gasteiger partial charge in [-0.3, -0.25) is 0 Å². The fourth-order valence-electron chi connectivity index (χ4n) is 3.67. The topological polar surface area (TPSA) is 33.6 Å². The van der Waals surface area contributed by atoms with Crippen molar-refractivity contribution in [3.05, 3.63) is 41.2 Å². The quantitative estimate of drug-likeness (QED) is 0.867. The predicted molar refractivity (Wildman–Crippen MR) is 83.2 cm³/mol. The van der Waals surface area contributed by atoms with Crippen LogP contribution in [0.1, 0.15) is 54.1 Å². The SMILES string of the molecule is c1[nH]c2c(c1C1CCCCn3cncc31)CCCSC2. The Morgan fingerprint density at radius 1 is 1.30 bits per heavy atom. The molecule has 20 heavy (non-hydrogen) atoms. The van der Waals surface area contributed by atoms with Crippen LogP contribution in [0, 0.1) is 0 Å². The summed E-state index contributed by atoms with van der Waals surface area (Å²) in [6, 6.07) is 0. The van der Waals surface area contributed by atoms with Crippen molar-refractivity contribution in [3.8, 4) is 0 Å². The van der Waals surface area contributed by atoms with Gasteiger partial charge in [0.2, 0.25) is 0 Å². The molecule has 1 N–H and O–H groups in total. The van der Waals surface area contributed by atoms with E-state index in [0.717, 1.165) is 12.3 Å². The molecule has 4 rings (SSSR count). The van der Waals surface area contributed by atoms with Crippen molar-refractivity contribution in [1.29, 1.82) is 0 Å². The molecule has 2 aliphatic heterocycles. The van der Waals surface area contributed by atoms with Gasteiger partial charge in [0.25, 0.3) is 0 Å². The highest BCUT2D eigenvalue weighted by Crippen LogP contribution is 2.37. The van der Waals surface area contributed by atoms with Crippen molar-refractivity contribution >= 4 is 11.8 Å². The second kappa shape index (κ2) is 5.32. The van der Waals surface area contributed by atoms with E-state index < -0.39 is 0 Å². The van der Waals surface area contributed by atoms with E-state index in [1.807, 2.05) is 6.33 Å². The van der Waals surface area contributed by atoms with E-state index in [-0.39, 0.29) is 0 Å². The number of nitrogens with one attached hydrogen (secondary N) is 1. The van der Waals surface area contributed by atoms with Gasteiger partial charge in [-0.2, -0.15) is 11.8 Å². The summed E-state index contributed by atoms with van der Waals surface area (Å²) in [5.74, 6) is 2.99. The largest absolute Gasteiger partial charge is 0.364 e. The minimum atomic E-state index is 0.545. The fourth-order valence-corrected chi connectivity index (χ4v) is 4.63. The summed E-state index contributed by atoms with van der Waals surface area (Å²) in [6.45, 7) is 1.13. The smallest absolute Gasteiger partial charge is 0.0948 e. The van der Waals surface area contributed by atoms with Gasteiger partial charge in [-0.15, -0.1) is 0 Å². The summed E-state index contributed by atoms with van der Waals surface area (Å²) in [4.78, 5) is 7.94. The van der Waals surface area contributed by atoms with Gasteiger partial charge in [-0.05, 0) is 42.6 Å². The van der Waals surface area contributed by atoms with Crippen molar-refractivity contribution < 1.29 is 0 Å². The molecule has 2 aliphatic rings. The molecule has 0 aliphatic carbocycles. The first-order chi connectivity index (χ1) is 9.93. The molecule has 3 nitrogen and oxygen atoms in total. The molecule has 0 saturated heterocycles. The second-order valence-corrected chi connectivity index (χ2v) is 7.02. The highest BCUT2D eigenvalue weighted by atomic mass is 32.2. The summed E-state index contributed by atoms with van der Waals surface area (Å²) in [7, 11) is 0. The Morgan fingerprint density at radius 3 is 3.30 bits per heavy atom. The lowest BCUT2D eigenvalue weighted by molar-refractivity contribution is 0.626. The first kappa shape index (κ1) is 12.6. The zero-order valence-corrected chi connectivity index (χ0v) is 12.6. The number of aromatic amines is 1. The van der Waals surface area contributed by atoms with Crippen molar-refractivity contribution in [3.63, 3.8) is 0 Å². The van der Waals surface area contributed by atoms with Crippen LogP contribution in [0.25, 0.3) is 0 Å². The van der Waals surface area contributed by atoms with Crippen molar-refractivity contribution in [2.24, 2.45) is 0 Å². The number of rotatable bonds is 1. The molecule has 106 valence electrons. The second-order valence-electron chi connectivity index (χ2n) is 5.92. The van der Waals surface area contributed by atoms with Crippen molar-refractivity contribution in [2.45, 2.75) is 50.3 Å². The van der Waals surface area contributed by atoms with Gasteiger partial charge in [0.05, 0.1) is 6.33 Å². The molecule has 0 fully saturated rings. The van der Waals surface area contributed by atoms with Crippen LogP contribution in [0.2, 0.25) is 0 Å². The minimum absolute atomic E-state index is 0.545. The average Bonchev–Trinajstić information content (AvgIpc) is 2.95. The Kier molecular flexibility index (Phi) is 3.34. The molecule has 4 heterocycles.